The Kier molecular flexibility index (Phi) is 5.31. The molecular formula is C21H20ClN7O3. The zero-order valence-corrected chi connectivity index (χ0v) is 18.3. The number of hydrogen-bond donors (Lipinski definition) is 2. The second-order valence-corrected chi connectivity index (χ2v) is 7.94. The largest absolute Gasteiger partial charge is 0.496 e. The van der Waals surface area contributed by atoms with E-state index in [0.29, 0.717) is 33.4 Å². The third-order valence-electron chi connectivity index (χ3n) is 5.08. The monoisotopic (exact) mass is 453 g/mol. The third kappa shape index (κ3) is 3.65. The molecule has 0 aliphatic rings. The Bertz CT molecular complexity index is 1340. The van der Waals surface area contributed by atoms with Crippen molar-refractivity contribution >= 4 is 34.7 Å². The van der Waals surface area contributed by atoms with Crippen LogP contribution in [0.2, 0.25) is 5.02 Å². The molecule has 0 aliphatic carbocycles. The molecule has 0 aliphatic heterocycles. The zero-order valence-electron chi connectivity index (χ0n) is 17.5. The molecule has 2 amide bonds. The molecule has 3 heterocycles. The molecule has 3 aromatic heterocycles. The summed E-state index contributed by atoms with van der Waals surface area (Å²) in [6.45, 7) is 3.25. The number of ether oxygens (including phenoxy) is 1. The van der Waals surface area contributed by atoms with Crippen molar-refractivity contribution in [2.24, 2.45) is 5.73 Å². The summed E-state index contributed by atoms with van der Waals surface area (Å²) in [5.74, 6) is -0.545. The molecule has 10 nitrogen and oxygen atoms in total. The molecular weight excluding hydrogens is 434 g/mol. The highest BCUT2D eigenvalue weighted by Gasteiger charge is 2.31. The van der Waals surface area contributed by atoms with Crippen LogP contribution in [0.25, 0.3) is 16.9 Å². The van der Waals surface area contributed by atoms with Gasteiger partial charge in [0.25, 0.3) is 5.91 Å². The van der Waals surface area contributed by atoms with Gasteiger partial charge in [0.2, 0.25) is 5.91 Å². The minimum Gasteiger partial charge on any atom is -0.496 e. The first kappa shape index (κ1) is 21.3. The van der Waals surface area contributed by atoms with Gasteiger partial charge in [-0.2, -0.15) is 10.2 Å². The summed E-state index contributed by atoms with van der Waals surface area (Å²) in [4.78, 5) is 29.3. The van der Waals surface area contributed by atoms with Gasteiger partial charge in [0.1, 0.15) is 22.5 Å². The van der Waals surface area contributed by atoms with Gasteiger partial charge in [-0.25, -0.2) is 9.50 Å². The van der Waals surface area contributed by atoms with Crippen molar-refractivity contribution in [3.8, 4) is 17.0 Å². The highest BCUT2D eigenvalue weighted by atomic mass is 35.5. The molecule has 164 valence electrons. The van der Waals surface area contributed by atoms with E-state index in [9.17, 15) is 9.59 Å². The van der Waals surface area contributed by atoms with Crippen molar-refractivity contribution in [2.75, 3.05) is 12.4 Å². The first-order chi connectivity index (χ1) is 15.2. The number of anilines is 1. The Hall–Kier alpha value is -3.92. The van der Waals surface area contributed by atoms with Crippen LogP contribution in [0, 0.1) is 0 Å². The van der Waals surface area contributed by atoms with Crippen LogP contribution in [-0.4, -0.2) is 43.3 Å². The summed E-state index contributed by atoms with van der Waals surface area (Å²) in [6, 6.07) is 6.74. The highest BCUT2D eigenvalue weighted by Crippen LogP contribution is 2.37. The molecule has 0 spiro atoms. The van der Waals surface area contributed by atoms with Crippen molar-refractivity contribution in [3.05, 3.63) is 59.6 Å². The molecule has 0 radical (unpaired) electrons. The van der Waals surface area contributed by atoms with Gasteiger partial charge in [-0.15, -0.1) is 0 Å². The van der Waals surface area contributed by atoms with Gasteiger partial charge in [-0.05, 0) is 38.1 Å². The number of fused-ring (bicyclic) bond motifs is 1. The van der Waals surface area contributed by atoms with Crippen molar-refractivity contribution in [3.63, 3.8) is 0 Å². The van der Waals surface area contributed by atoms with Crippen LogP contribution in [0.5, 0.6) is 5.75 Å². The van der Waals surface area contributed by atoms with Crippen LogP contribution in [0.4, 0.5) is 5.69 Å². The minimum absolute atomic E-state index is 0.275. The lowest BCUT2D eigenvalue weighted by molar-refractivity contribution is -0.125. The molecule has 1 aromatic carbocycles. The van der Waals surface area contributed by atoms with Crippen LogP contribution >= 0.6 is 11.6 Å². The summed E-state index contributed by atoms with van der Waals surface area (Å²) in [5, 5.41) is 12.0. The standard InChI is InChI=1S/C21H20ClN7O3/c1-21(2,20(23)31)29-11-15(17(27-29)13-9-12(22)5-6-16(13)32-3)26-19(30)14-10-25-28-8-4-7-24-18(14)28/h4-11H,1-3H3,(H2,23,31)(H,26,30). The summed E-state index contributed by atoms with van der Waals surface area (Å²) in [7, 11) is 1.51. The van der Waals surface area contributed by atoms with Gasteiger partial charge in [-0.1, -0.05) is 11.6 Å². The van der Waals surface area contributed by atoms with E-state index in [2.05, 4.69) is 20.5 Å². The average molecular weight is 454 g/mol. The number of amides is 2. The lowest BCUT2D eigenvalue weighted by Gasteiger charge is -2.20. The van der Waals surface area contributed by atoms with Gasteiger partial charge in [0.15, 0.2) is 5.65 Å². The number of nitrogens with two attached hydrogens (primary N) is 1. The molecule has 32 heavy (non-hydrogen) atoms. The summed E-state index contributed by atoms with van der Waals surface area (Å²) >= 11 is 6.20. The lowest BCUT2D eigenvalue weighted by atomic mass is 10.1. The van der Waals surface area contributed by atoms with E-state index in [-0.39, 0.29) is 5.56 Å². The average Bonchev–Trinajstić information content (AvgIpc) is 3.38. The fourth-order valence-electron chi connectivity index (χ4n) is 3.11. The fourth-order valence-corrected chi connectivity index (χ4v) is 3.28. The quantitative estimate of drug-likeness (QED) is 0.461. The van der Waals surface area contributed by atoms with E-state index >= 15 is 0 Å². The smallest absolute Gasteiger partial charge is 0.261 e. The zero-order chi connectivity index (χ0) is 23.0. The number of hydrogen-bond acceptors (Lipinski definition) is 6. The van der Waals surface area contributed by atoms with Gasteiger partial charge >= 0.3 is 0 Å². The Morgan fingerprint density at radius 1 is 1.28 bits per heavy atom. The molecule has 4 rings (SSSR count). The number of carbonyl (C=O) groups excluding carboxylic acids is 2. The maximum absolute atomic E-state index is 13.1. The highest BCUT2D eigenvalue weighted by molar-refractivity contribution is 6.31. The van der Waals surface area contributed by atoms with Gasteiger partial charge in [0.05, 0.1) is 25.2 Å². The van der Waals surface area contributed by atoms with Crippen molar-refractivity contribution in [2.45, 2.75) is 19.4 Å². The van der Waals surface area contributed by atoms with Crippen LogP contribution in [-0.2, 0) is 10.3 Å². The van der Waals surface area contributed by atoms with Crippen molar-refractivity contribution < 1.29 is 14.3 Å². The number of rotatable bonds is 6. The summed E-state index contributed by atoms with van der Waals surface area (Å²) in [5.41, 5.74) is 6.31. The van der Waals surface area contributed by atoms with Crippen LogP contribution < -0.4 is 15.8 Å². The molecule has 4 aromatic rings. The maximum atomic E-state index is 13.1. The number of carbonyl (C=O) groups is 2. The molecule has 0 fully saturated rings. The number of nitrogens with zero attached hydrogens (tertiary/aromatic N) is 5. The lowest BCUT2D eigenvalue weighted by Crippen LogP contribution is -2.41. The molecule has 11 heteroatoms. The Balaban J connectivity index is 1.83. The van der Waals surface area contributed by atoms with Gasteiger partial charge < -0.3 is 15.8 Å². The predicted molar refractivity (Wildman–Crippen MR) is 119 cm³/mol. The first-order valence-electron chi connectivity index (χ1n) is 9.56. The SMILES string of the molecule is COc1ccc(Cl)cc1-c1nn(C(C)(C)C(N)=O)cc1NC(=O)c1cnn2cccnc12. The number of primary amides is 1. The number of aromatic nitrogens is 5. The van der Waals surface area contributed by atoms with E-state index < -0.39 is 17.4 Å². The van der Waals surface area contributed by atoms with Crippen LogP contribution in [0.1, 0.15) is 24.2 Å². The van der Waals surface area contributed by atoms with Gasteiger partial charge in [0, 0.05) is 23.0 Å². The molecule has 0 saturated carbocycles. The van der Waals surface area contributed by atoms with Crippen LogP contribution in [0.15, 0.2) is 49.1 Å². The Morgan fingerprint density at radius 3 is 2.78 bits per heavy atom. The third-order valence-corrected chi connectivity index (χ3v) is 5.31. The number of halogens is 1. The number of benzene rings is 1. The Labute approximate surface area is 187 Å². The normalized spacial score (nSPS) is 11.5. The summed E-state index contributed by atoms with van der Waals surface area (Å²) in [6.07, 6.45) is 6.23. The number of nitrogens with one attached hydrogen (secondary N) is 1. The second-order valence-electron chi connectivity index (χ2n) is 7.50. The number of methoxy groups -OCH3 is 1. The van der Waals surface area contributed by atoms with Crippen LogP contribution in [0.3, 0.4) is 0 Å². The molecule has 0 unspecified atom stereocenters. The minimum atomic E-state index is -1.16. The van der Waals surface area contributed by atoms with Gasteiger partial charge in [-0.3, -0.25) is 14.3 Å². The van der Waals surface area contributed by atoms with Crippen molar-refractivity contribution in [1.29, 1.82) is 0 Å². The van der Waals surface area contributed by atoms with Crippen molar-refractivity contribution in [1.82, 2.24) is 24.4 Å². The first-order valence-corrected chi connectivity index (χ1v) is 9.94. The van der Waals surface area contributed by atoms with E-state index in [1.165, 1.54) is 28.7 Å². The predicted octanol–water partition coefficient (Wildman–Crippen LogP) is 2.73. The maximum Gasteiger partial charge on any atom is 0.261 e. The molecule has 0 bridgehead atoms. The summed E-state index contributed by atoms with van der Waals surface area (Å²) < 4.78 is 8.34. The van der Waals surface area contributed by atoms with E-state index in [4.69, 9.17) is 22.1 Å². The molecule has 3 N–H and O–H groups in total. The van der Waals surface area contributed by atoms with E-state index in [0.717, 1.165) is 0 Å². The second kappa shape index (κ2) is 7.97. The Morgan fingerprint density at radius 2 is 2.06 bits per heavy atom. The van der Waals surface area contributed by atoms with E-state index in [1.807, 2.05) is 0 Å². The molecule has 0 saturated heterocycles. The fraction of sp³-hybridized carbons (Fsp3) is 0.190. The topological polar surface area (TPSA) is 129 Å². The molecule has 0 atom stereocenters. The van der Waals surface area contributed by atoms with E-state index in [1.54, 1.807) is 50.5 Å².